The maximum Gasteiger partial charge on any atom is 0.341 e. The number of amides is 1. The third-order valence-corrected chi connectivity index (χ3v) is 3.99. The Balaban J connectivity index is 1.90. The first-order chi connectivity index (χ1) is 13.4. The normalized spacial score (nSPS) is 11.8. The van der Waals surface area contributed by atoms with Crippen molar-refractivity contribution in [3.05, 3.63) is 58.1 Å². The minimum absolute atomic E-state index is 0.312. The van der Waals surface area contributed by atoms with E-state index < -0.39 is 24.6 Å². The standard InChI is InChI=1S/C19H18Cl2N2O5/c1-2-16(28-17-8-5-13(20)9-15(17)21)19(26)23-22-10-12-3-6-14(7-4-12)27-11-18(24)25/h3-10,16H,2,11H2,1H3,(H,23,26)(H,24,25)/b22-10-/t16-/m1/s1. The van der Waals surface area contributed by atoms with Crippen LogP contribution in [0, 0.1) is 0 Å². The summed E-state index contributed by atoms with van der Waals surface area (Å²) in [6.45, 7) is 1.38. The van der Waals surface area contributed by atoms with Crippen LogP contribution in [0.5, 0.6) is 11.5 Å². The van der Waals surface area contributed by atoms with E-state index in [0.29, 0.717) is 33.5 Å². The minimum Gasteiger partial charge on any atom is -0.482 e. The first kappa shape index (κ1) is 21.5. The van der Waals surface area contributed by atoms with Crippen LogP contribution >= 0.6 is 23.2 Å². The smallest absolute Gasteiger partial charge is 0.341 e. The van der Waals surface area contributed by atoms with Gasteiger partial charge in [-0.1, -0.05) is 30.1 Å². The molecular weight excluding hydrogens is 407 g/mol. The predicted octanol–water partition coefficient (Wildman–Crippen LogP) is 3.76. The first-order valence-electron chi connectivity index (χ1n) is 8.28. The number of halogens is 2. The number of ether oxygens (including phenoxy) is 2. The summed E-state index contributed by atoms with van der Waals surface area (Å²) < 4.78 is 10.7. The summed E-state index contributed by atoms with van der Waals surface area (Å²) in [5.41, 5.74) is 3.11. The zero-order valence-electron chi connectivity index (χ0n) is 14.9. The Morgan fingerprint density at radius 2 is 1.93 bits per heavy atom. The van der Waals surface area contributed by atoms with E-state index in [1.54, 1.807) is 43.3 Å². The second-order valence-electron chi connectivity index (χ2n) is 5.58. The molecule has 148 valence electrons. The highest BCUT2D eigenvalue weighted by Crippen LogP contribution is 2.28. The van der Waals surface area contributed by atoms with Crippen molar-refractivity contribution in [1.82, 2.24) is 5.43 Å². The number of aliphatic carboxylic acids is 1. The molecule has 9 heteroatoms. The van der Waals surface area contributed by atoms with Crippen LogP contribution < -0.4 is 14.9 Å². The fourth-order valence-electron chi connectivity index (χ4n) is 2.08. The molecule has 1 atom stereocenters. The lowest BCUT2D eigenvalue weighted by Crippen LogP contribution is -2.35. The molecule has 0 aromatic heterocycles. The number of hydrogen-bond donors (Lipinski definition) is 2. The van der Waals surface area contributed by atoms with Gasteiger partial charge in [0.05, 0.1) is 11.2 Å². The van der Waals surface area contributed by atoms with Crippen molar-refractivity contribution in [1.29, 1.82) is 0 Å². The molecule has 2 aromatic rings. The highest BCUT2D eigenvalue weighted by Gasteiger charge is 2.19. The topological polar surface area (TPSA) is 97.2 Å². The van der Waals surface area contributed by atoms with E-state index in [9.17, 15) is 9.59 Å². The molecule has 2 aromatic carbocycles. The summed E-state index contributed by atoms with van der Waals surface area (Å²) in [5.74, 6) is -0.705. The van der Waals surface area contributed by atoms with Crippen LogP contribution in [-0.4, -0.2) is 35.9 Å². The molecule has 0 radical (unpaired) electrons. The summed E-state index contributed by atoms with van der Waals surface area (Å²) in [4.78, 5) is 22.7. The number of hydrazone groups is 1. The van der Waals surface area contributed by atoms with E-state index in [-0.39, 0.29) is 0 Å². The molecule has 2 N–H and O–H groups in total. The molecule has 0 saturated carbocycles. The number of carboxylic acids is 1. The van der Waals surface area contributed by atoms with E-state index in [0.717, 1.165) is 0 Å². The maximum atomic E-state index is 12.3. The average Bonchev–Trinajstić information content (AvgIpc) is 2.66. The zero-order valence-corrected chi connectivity index (χ0v) is 16.4. The summed E-state index contributed by atoms with van der Waals surface area (Å²) in [6.07, 6.45) is 1.08. The molecule has 0 aliphatic carbocycles. The first-order valence-corrected chi connectivity index (χ1v) is 9.04. The molecule has 0 bridgehead atoms. The number of rotatable bonds is 9. The summed E-state index contributed by atoms with van der Waals surface area (Å²) in [6, 6.07) is 11.3. The molecule has 0 fully saturated rings. The van der Waals surface area contributed by atoms with Gasteiger partial charge in [-0.15, -0.1) is 0 Å². The van der Waals surface area contributed by atoms with Gasteiger partial charge in [0.15, 0.2) is 12.7 Å². The number of benzene rings is 2. The van der Waals surface area contributed by atoms with E-state index in [2.05, 4.69) is 10.5 Å². The van der Waals surface area contributed by atoms with Gasteiger partial charge in [-0.05, 0) is 54.4 Å². The Bertz CT molecular complexity index is 856. The van der Waals surface area contributed by atoms with Crippen LogP contribution in [-0.2, 0) is 9.59 Å². The Kier molecular flexibility index (Phi) is 8.10. The second kappa shape index (κ2) is 10.5. The van der Waals surface area contributed by atoms with Crippen molar-refractivity contribution >= 4 is 41.3 Å². The molecule has 1 amide bonds. The molecule has 7 nitrogen and oxygen atoms in total. The van der Waals surface area contributed by atoms with Crippen LogP contribution in [0.2, 0.25) is 10.0 Å². The molecule has 0 aliphatic rings. The van der Waals surface area contributed by atoms with Crippen molar-refractivity contribution in [3.63, 3.8) is 0 Å². The molecule has 2 rings (SSSR count). The average molecular weight is 425 g/mol. The van der Waals surface area contributed by atoms with Gasteiger partial charge in [0, 0.05) is 5.02 Å². The largest absolute Gasteiger partial charge is 0.482 e. The lowest BCUT2D eigenvalue weighted by Gasteiger charge is -2.16. The predicted molar refractivity (Wildman–Crippen MR) is 106 cm³/mol. The third-order valence-electron chi connectivity index (χ3n) is 3.46. The molecular formula is C19H18Cl2N2O5. The van der Waals surface area contributed by atoms with E-state index in [1.165, 1.54) is 12.3 Å². The van der Waals surface area contributed by atoms with Crippen LogP contribution in [0.25, 0.3) is 0 Å². The van der Waals surface area contributed by atoms with Crippen molar-refractivity contribution in [2.75, 3.05) is 6.61 Å². The minimum atomic E-state index is -1.05. The quantitative estimate of drug-likeness (QED) is 0.471. The van der Waals surface area contributed by atoms with Gasteiger partial charge in [-0.25, -0.2) is 10.2 Å². The number of nitrogens with zero attached hydrogens (tertiary/aromatic N) is 1. The van der Waals surface area contributed by atoms with Crippen LogP contribution in [0.3, 0.4) is 0 Å². The van der Waals surface area contributed by atoms with Crippen LogP contribution in [0.1, 0.15) is 18.9 Å². The zero-order chi connectivity index (χ0) is 20.5. The van der Waals surface area contributed by atoms with Crippen LogP contribution in [0.4, 0.5) is 0 Å². The highest BCUT2D eigenvalue weighted by molar-refractivity contribution is 6.35. The number of carbonyl (C=O) groups is 2. The monoisotopic (exact) mass is 424 g/mol. The molecule has 0 spiro atoms. The third kappa shape index (κ3) is 6.75. The number of hydrogen-bond acceptors (Lipinski definition) is 5. The summed E-state index contributed by atoms with van der Waals surface area (Å²) >= 11 is 11.9. The molecule has 28 heavy (non-hydrogen) atoms. The molecule has 0 unspecified atom stereocenters. The van der Waals surface area contributed by atoms with Gasteiger partial charge >= 0.3 is 5.97 Å². The van der Waals surface area contributed by atoms with Gasteiger partial charge < -0.3 is 14.6 Å². The van der Waals surface area contributed by atoms with Gasteiger partial charge in [0.25, 0.3) is 5.91 Å². The van der Waals surface area contributed by atoms with Crippen molar-refractivity contribution < 1.29 is 24.2 Å². The SMILES string of the molecule is CC[C@@H](Oc1ccc(Cl)cc1Cl)C(=O)N/N=C\c1ccc(OCC(=O)O)cc1. The fourth-order valence-corrected chi connectivity index (χ4v) is 2.54. The fraction of sp³-hybridized carbons (Fsp3) is 0.211. The van der Waals surface area contributed by atoms with Gasteiger partial charge in [-0.2, -0.15) is 5.10 Å². The summed E-state index contributed by atoms with van der Waals surface area (Å²) in [5, 5.41) is 13.3. The Labute approximate surface area is 171 Å². The molecule has 0 aliphatic heterocycles. The number of nitrogens with one attached hydrogen (secondary N) is 1. The van der Waals surface area contributed by atoms with Crippen molar-refractivity contribution in [2.24, 2.45) is 5.10 Å². The Morgan fingerprint density at radius 1 is 1.21 bits per heavy atom. The van der Waals surface area contributed by atoms with E-state index in [4.69, 9.17) is 37.8 Å². The lowest BCUT2D eigenvalue weighted by molar-refractivity contribution is -0.139. The second-order valence-corrected chi connectivity index (χ2v) is 6.42. The van der Waals surface area contributed by atoms with Crippen LogP contribution in [0.15, 0.2) is 47.6 Å². The van der Waals surface area contributed by atoms with E-state index >= 15 is 0 Å². The number of carbonyl (C=O) groups excluding carboxylic acids is 1. The molecule has 0 heterocycles. The van der Waals surface area contributed by atoms with Gasteiger partial charge in [0.1, 0.15) is 11.5 Å². The van der Waals surface area contributed by atoms with Crippen molar-refractivity contribution in [3.8, 4) is 11.5 Å². The van der Waals surface area contributed by atoms with E-state index in [1.807, 2.05) is 0 Å². The Morgan fingerprint density at radius 3 is 2.54 bits per heavy atom. The van der Waals surface area contributed by atoms with Gasteiger partial charge in [0.2, 0.25) is 0 Å². The van der Waals surface area contributed by atoms with Crippen molar-refractivity contribution in [2.45, 2.75) is 19.4 Å². The highest BCUT2D eigenvalue weighted by atomic mass is 35.5. The van der Waals surface area contributed by atoms with Gasteiger partial charge in [-0.3, -0.25) is 4.79 Å². The Hall–Kier alpha value is -2.77. The molecule has 0 saturated heterocycles. The maximum absolute atomic E-state index is 12.3. The number of carboxylic acid groups (broad SMARTS) is 1. The summed E-state index contributed by atoms with van der Waals surface area (Å²) in [7, 11) is 0. The lowest BCUT2D eigenvalue weighted by atomic mass is 10.2.